The van der Waals surface area contributed by atoms with Gasteiger partial charge in [-0.15, -0.1) is 0 Å². The fourth-order valence-electron chi connectivity index (χ4n) is 3.39. The van der Waals surface area contributed by atoms with Crippen LogP contribution in [-0.2, 0) is 21.4 Å². The summed E-state index contributed by atoms with van der Waals surface area (Å²) in [5.74, 6) is -0.884. The zero-order chi connectivity index (χ0) is 24.7. The summed E-state index contributed by atoms with van der Waals surface area (Å²) in [5, 5.41) is 18.2. The van der Waals surface area contributed by atoms with E-state index in [1.807, 2.05) is 0 Å². The van der Waals surface area contributed by atoms with Gasteiger partial charge >= 0.3 is 5.69 Å². The highest BCUT2D eigenvalue weighted by Gasteiger charge is 2.22. The van der Waals surface area contributed by atoms with Gasteiger partial charge in [0, 0.05) is 31.3 Å². The minimum Gasteiger partial charge on any atom is -0.508 e. The number of amides is 1. The number of carbonyl (C=O) groups excluding carboxylic acids is 1. The fraction of sp³-hybridized carbons (Fsp3) is 0.227. The first-order chi connectivity index (χ1) is 16.2. The molecule has 0 radical (unpaired) electrons. The number of hydrogen-bond acceptors (Lipinski definition) is 7. The molecule has 1 unspecified atom stereocenters. The predicted octanol–water partition coefficient (Wildman–Crippen LogP) is 0.728. The van der Waals surface area contributed by atoms with E-state index in [0.717, 1.165) is 4.57 Å². The molecule has 1 aromatic heterocycles. The number of benzene rings is 2. The number of hydrogen-bond donors (Lipinski definition) is 4. The molecule has 0 spiro atoms. The van der Waals surface area contributed by atoms with Crippen molar-refractivity contribution in [1.82, 2.24) is 19.3 Å². The van der Waals surface area contributed by atoms with Gasteiger partial charge in [0.1, 0.15) is 5.75 Å². The second-order valence-electron chi connectivity index (χ2n) is 7.49. The van der Waals surface area contributed by atoms with Crippen LogP contribution in [0.25, 0.3) is 5.69 Å². The second kappa shape index (κ2) is 10.9. The van der Waals surface area contributed by atoms with Crippen LogP contribution in [0.2, 0.25) is 0 Å². The molecule has 0 aliphatic carbocycles. The number of sulfonamides is 1. The lowest BCUT2D eigenvalue weighted by Gasteiger charge is -2.18. The minimum atomic E-state index is -4.02. The summed E-state index contributed by atoms with van der Waals surface area (Å²) < 4.78 is 30.1. The largest absolute Gasteiger partial charge is 0.508 e. The van der Waals surface area contributed by atoms with E-state index in [1.54, 1.807) is 30.3 Å². The Balaban J connectivity index is 1.75. The summed E-state index contributed by atoms with van der Waals surface area (Å²) in [7, 11) is -4.02. The van der Waals surface area contributed by atoms with E-state index in [9.17, 15) is 27.9 Å². The molecule has 0 aliphatic rings. The zero-order valence-corrected chi connectivity index (χ0v) is 18.8. The third kappa shape index (κ3) is 6.19. The number of aryl methyl sites for hydroxylation is 1. The number of phenolic OH excluding ortho intramolecular Hbond substituents is 1. The maximum absolute atomic E-state index is 12.8. The third-order valence-electron chi connectivity index (χ3n) is 5.05. The van der Waals surface area contributed by atoms with Crippen LogP contribution in [0.1, 0.15) is 19.3 Å². The smallest absolute Gasteiger partial charge is 0.335 e. The summed E-state index contributed by atoms with van der Waals surface area (Å²) in [6.45, 7) is 0.157. The monoisotopic (exact) mass is 488 g/mol. The molecular weight excluding hydrogens is 464 g/mol. The Hall–Kier alpha value is -3.74. The Morgan fingerprint density at radius 2 is 1.68 bits per heavy atom. The third-order valence-corrected chi connectivity index (χ3v) is 6.58. The topological polar surface area (TPSA) is 160 Å². The highest BCUT2D eigenvalue weighted by Crippen LogP contribution is 2.16. The number of aromatic nitrogens is 2. The Kier molecular flexibility index (Phi) is 7.99. The van der Waals surface area contributed by atoms with Gasteiger partial charge in [0.05, 0.1) is 10.6 Å². The Morgan fingerprint density at radius 3 is 2.32 bits per heavy atom. The van der Waals surface area contributed by atoms with E-state index in [-0.39, 0.29) is 36.5 Å². The first kappa shape index (κ1) is 24.9. The van der Waals surface area contributed by atoms with Gasteiger partial charge in [-0.05, 0) is 49.2 Å². The Morgan fingerprint density at radius 1 is 1.00 bits per heavy atom. The van der Waals surface area contributed by atoms with Crippen molar-refractivity contribution in [2.45, 2.75) is 36.7 Å². The van der Waals surface area contributed by atoms with Gasteiger partial charge in [0.25, 0.3) is 5.56 Å². The van der Waals surface area contributed by atoms with E-state index in [4.69, 9.17) is 5.21 Å². The van der Waals surface area contributed by atoms with Crippen LogP contribution in [0, 0.1) is 0 Å². The van der Waals surface area contributed by atoms with E-state index in [2.05, 4.69) is 4.72 Å². The molecule has 1 atom stereocenters. The standard InChI is InChI=1S/C22H24N4O7S/c27-18-8-10-19(11-9-18)34(32,33)24-16(15-20(28)23-31)5-4-13-25-14-12-21(29)26(22(25)30)17-6-2-1-3-7-17/h1-3,6-12,14,16,24,27,31H,4-5,13,15H2,(H,23,28). The second-order valence-corrected chi connectivity index (χ2v) is 9.21. The Bertz CT molecular complexity index is 1350. The Labute approximate surface area is 194 Å². The number of rotatable bonds is 10. The molecule has 12 heteroatoms. The number of aromatic hydroxyl groups is 1. The van der Waals surface area contributed by atoms with Crippen molar-refractivity contribution in [2.75, 3.05) is 0 Å². The molecule has 3 rings (SSSR count). The lowest BCUT2D eigenvalue weighted by Crippen LogP contribution is -2.40. The van der Waals surface area contributed by atoms with Gasteiger partial charge in [-0.3, -0.25) is 14.8 Å². The predicted molar refractivity (Wildman–Crippen MR) is 122 cm³/mol. The van der Waals surface area contributed by atoms with Crippen molar-refractivity contribution in [3.63, 3.8) is 0 Å². The molecule has 34 heavy (non-hydrogen) atoms. The van der Waals surface area contributed by atoms with Crippen molar-refractivity contribution < 1.29 is 23.5 Å². The lowest BCUT2D eigenvalue weighted by molar-refractivity contribution is -0.129. The molecule has 0 fully saturated rings. The van der Waals surface area contributed by atoms with Crippen LogP contribution >= 0.6 is 0 Å². The van der Waals surface area contributed by atoms with E-state index in [1.165, 1.54) is 46.6 Å². The molecule has 0 aliphatic heterocycles. The van der Waals surface area contributed by atoms with Crippen molar-refractivity contribution in [1.29, 1.82) is 0 Å². The molecule has 0 saturated heterocycles. The van der Waals surface area contributed by atoms with E-state index in [0.29, 0.717) is 5.69 Å². The van der Waals surface area contributed by atoms with Gasteiger partial charge in [0.15, 0.2) is 0 Å². The first-order valence-corrected chi connectivity index (χ1v) is 11.8. The molecule has 1 amide bonds. The minimum absolute atomic E-state index is 0.0996. The number of nitrogens with zero attached hydrogens (tertiary/aromatic N) is 2. The molecule has 1 heterocycles. The SMILES string of the molecule is O=C(CC(CCCn1ccc(=O)n(-c2ccccc2)c1=O)NS(=O)(=O)c1ccc(O)cc1)NO. The number of phenols is 1. The number of nitrogens with one attached hydrogen (secondary N) is 2. The van der Waals surface area contributed by atoms with Gasteiger partial charge < -0.3 is 9.67 Å². The highest BCUT2D eigenvalue weighted by atomic mass is 32.2. The number of para-hydroxylation sites is 1. The molecule has 11 nitrogen and oxygen atoms in total. The van der Waals surface area contributed by atoms with Crippen LogP contribution in [0.5, 0.6) is 5.75 Å². The molecule has 4 N–H and O–H groups in total. The fourth-order valence-corrected chi connectivity index (χ4v) is 4.66. The first-order valence-electron chi connectivity index (χ1n) is 10.3. The number of carbonyl (C=O) groups is 1. The van der Waals surface area contributed by atoms with Gasteiger partial charge in [0.2, 0.25) is 15.9 Å². The quantitative estimate of drug-likeness (QED) is 0.242. The van der Waals surface area contributed by atoms with Crippen LogP contribution in [-0.4, -0.2) is 39.8 Å². The molecule has 3 aromatic rings. The molecule has 2 aromatic carbocycles. The average Bonchev–Trinajstić information content (AvgIpc) is 2.81. The van der Waals surface area contributed by atoms with Gasteiger partial charge in [-0.1, -0.05) is 18.2 Å². The van der Waals surface area contributed by atoms with Gasteiger partial charge in [-0.25, -0.2) is 28.0 Å². The van der Waals surface area contributed by atoms with Crippen molar-refractivity contribution in [3.05, 3.63) is 87.7 Å². The molecule has 0 saturated carbocycles. The molecule has 180 valence electrons. The zero-order valence-electron chi connectivity index (χ0n) is 18.0. The summed E-state index contributed by atoms with van der Waals surface area (Å²) in [6.07, 6.45) is 1.46. The van der Waals surface area contributed by atoms with Crippen molar-refractivity contribution in [3.8, 4) is 11.4 Å². The summed E-state index contributed by atoms with van der Waals surface area (Å²) in [4.78, 5) is 36.6. The van der Waals surface area contributed by atoms with Crippen LogP contribution in [0.3, 0.4) is 0 Å². The summed E-state index contributed by atoms with van der Waals surface area (Å²) in [6, 6.07) is 13.7. The highest BCUT2D eigenvalue weighted by molar-refractivity contribution is 7.89. The number of hydroxylamine groups is 1. The molecule has 0 bridgehead atoms. The maximum atomic E-state index is 12.8. The van der Waals surface area contributed by atoms with Crippen LogP contribution in [0.15, 0.2) is 81.3 Å². The van der Waals surface area contributed by atoms with Crippen molar-refractivity contribution >= 4 is 15.9 Å². The average molecular weight is 489 g/mol. The van der Waals surface area contributed by atoms with Crippen LogP contribution in [0.4, 0.5) is 0 Å². The summed E-state index contributed by atoms with van der Waals surface area (Å²) >= 11 is 0. The molecular formula is C22H24N4O7S. The summed E-state index contributed by atoms with van der Waals surface area (Å²) in [5.41, 5.74) is 0.872. The van der Waals surface area contributed by atoms with Crippen molar-refractivity contribution in [2.24, 2.45) is 0 Å². The lowest BCUT2D eigenvalue weighted by atomic mass is 10.1. The van der Waals surface area contributed by atoms with E-state index >= 15 is 0 Å². The maximum Gasteiger partial charge on any atom is 0.335 e. The van der Waals surface area contributed by atoms with Gasteiger partial charge in [-0.2, -0.15) is 0 Å². The van der Waals surface area contributed by atoms with Crippen LogP contribution < -0.4 is 21.5 Å². The normalized spacial score (nSPS) is 12.3. The van der Waals surface area contributed by atoms with E-state index < -0.39 is 33.2 Å².